The normalized spacial score (nSPS) is 22.9. The van der Waals surface area contributed by atoms with Crippen LogP contribution in [0, 0.1) is 5.92 Å². The molecule has 0 spiro atoms. The van der Waals surface area contributed by atoms with E-state index in [9.17, 15) is 18.0 Å². The molecule has 2 aliphatic rings. The number of hydrogen-bond donors (Lipinski definition) is 2. The third-order valence-electron chi connectivity index (χ3n) is 4.10. The summed E-state index contributed by atoms with van der Waals surface area (Å²) in [7, 11) is 0. The van der Waals surface area contributed by atoms with Crippen LogP contribution in [-0.4, -0.2) is 48.2 Å². The number of alkyl halides is 3. The van der Waals surface area contributed by atoms with Crippen molar-refractivity contribution in [3.8, 4) is 0 Å². The number of nitrogens with one attached hydrogen (secondary N) is 1. The molecule has 0 heterocycles. The van der Waals surface area contributed by atoms with Crippen LogP contribution in [0.15, 0.2) is 0 Å². The number of carbonyl (C=O) groups excluding carboxylic acids is 1. The van der Waals surface area contributed by atoms with Crippen LogP contribution in [0.2, 0.25) is 0 Å². The molecule has 116 valence electrons. The fourth-order valence-electron chi connectivity index (χ4n) is 2.89. The van der Waals surface area contributed by atoms with E-state index in [1.165, 1.54) is 4.90 Å². The maximum absolute atomic E-state index is 12.7. The van der Waals surface area contributed by atoms with Gasteiger partial charge >= 0.3 is 6.18 Å². The minimum Gasteiger partial charge on any atom is -0.368 e. The fraction of sp³-hybridized carbons (Fsp3) is 0.923. The predicted octanol–water partition coefficient (Wildman–Crippen LogP) is 1.26. The molecule has 4 nitrogen and oxygen atoms in total. The number of rotatable bonds is 8. The van der Waals surface area contributed by atoms with Gasteiger partial charge in [0, 0.05) is 12.6 Å². The van der Waals surface area contributed by atoms with Gasteiger partial charge in [-0.05, 0) is 38.1 Å². The molecule has 1 amide bonds. The van der Waals surface area contributed by atoms with Gasteiger partial charge in [0.05, 0.1) is 6.54 Å². The zero-order chi connectivity index (χ0) is 15.0. The summed E-state index contributed by atoms with van der Waals surface area (Å²) < 4.78 is 38.1. The van der Waals surface area contributed by atoms with Crippen LogP contribution in [0.1, 0.15) is 32.6 Å². The summed E-state index contributed by atoms with van der Waals surface area (Å²) in [5.74, 6) is -0.468. The van der Waals surface area contributed by atoms with Gasteiger partial charge in [-0.2, -0.15) is 13.2 Å². The van der Waals surface area contributed by atoms with Crippen molar-refractivity contribution in [3.63, 3.8) is 0 Å². The molecular weight excluding hydrogens is 271 g/mol. The van der Waals surface area contributed by atoms with Crippen molar-refractivity contribution in [2.45, 2.75) is 50.4 Å². The summed E-state index contributed by atoms with van der Waals surface area (Å²) in [5, 5.41) is 3.07. The molecule has 0 radical (unpaired) electrons. The number of hydrogen-bond acceptors (Lipinski definition) is 3. The van der Waals surface area contributed by atoms with Gasteiger partial charge in [0.1, 0.15) is 5.54 Å². The highest BCUT2D eigenvalue weighted by atomic mass is 19.4. The van der Waals surface area contributed by atoms with Crippen molar-refractivity contribution in [2.75, 3.05) is 19.6 Å². The number of halogens is 3. The Hall–Kier alpha value is -0.820. The quantitative estimate of drug-likeness (QED) is 0.708. The monoisotopic (exact) mass is 293 g/mol. The van der Waals surface area contributed by atoms with E-state index < -0.39 is 24.2 Å². The van der Waals surface area contributed by atoms with Gasteiger partial charge in [-0.25, -0.2) is 0 Å². The maximum Gasteiger partial charge on any atom is 0.401 e. The van der Waals surface area contributed by atoms with E-state index in [1.54, 1.807) is 0 Å². The van der Waals surface area contributed by atoms with E-state index in [0.29, 0.717) is 6.54 Å². The minimum absolute atomic E-state index is 0.0605. The van der Waals surface area contributed by atoms with Gasteiger partial charge in [0.2, 0.25) is 5.91 Å². The van der Waals surface area contributed by atoms with Crippen LogP contribution in [0.25, 0.3) is 0 Å². The van der Waals surface area contributed by atoms with Crippen LogP contribution >= 0.6 is 0 Å². The van der Waals surface area contributed by atoms with Gasteiger partial charge in [-0.1, -0.05) is 6.92 Å². The molecule has 7 heteroatoms. The van der Waals surface area contributed by atoms with Crippen molar-refractivity contribution in [3.05, 3.63) is 0 Å². The lowest BCUT2D eigenvalue weighted by Gasteiger charge is -2.37. The second-order valence-electron chi connectivity index (χ2n) is 5.89. The largest absolute Gasteiger partial charge is 0.401 e. The minimum atomic E-state index is -4.25. The smallest absolute Gasteiger partial charge is 0.368 e. The molecule has 3 N–H and O–H groups in total. The van der Waals surface area contributed by atoms with Crippen molar-refractivity contribution in [1.29, 1.82) is 0 Å². The molecule has 2 aliphatic carbocycles. The Morgan fingerprint density at radius 3 is 2.20 bits per heavy atom. The number of nitrogens with zero attached hydrogens (tertiary/aromatic N) is 1. The summed E-state index contributed by atoms with van der Waals surface area (Å²) in [5.41, 5.74) is 4.51. The van der Waals surface area contributed by atoms with E-state index >= 15 is 0 Å². The Kier molecular flexibility index (Phi) is 4.30. The third-order valence-corrected chi connectivity index (χ3v) is 4.10. The SMILES string of the molecule is CCNC(CN(CC(F)(F)F)C1CC1)(C(N)=O)C1CC1. The zero-order valence-corrected chi connectivity index (χ0v) is 11.7. The topological polar surface area (TPSA) is 58.4 Å². The Balaban J connectivity index is 2.13. The van der Waals surface area contributed by atoms with Gasteiger partial charge in [-0.3, -0.25) is 9.69 Å². The lowest BCUT2D eigenvalue weighted by Crippen LogP contribution is -2.64. The molecule has 20 heavy (non-hydrogen) atoms. The molecule has 0 saturated heterocycles. The first kappa shape index (κ1) is 15.6. The average Bonchev–Trinajstić information content (AvgIpc) is 3.14. The first-order valence-corrected chi connectivity index (χ1v) is 7.14. The Bertz CT molecular complexity index is 366. The Morgan fingerprint density at radius 1 is 1.25 bits per heavy atom. The van der Waals surface area contributed by atoms with E-state index in [-0.39, 0.29) is 18.5 Å². The molecule has 0 aliphatic heterocycles. The third kappa shape index (κ3) is 3.63. The summed E-state index contributed by atoms with van der Waals surface area (Å²) in [6.07, 6.45) is -1.02. The van der Waals surface area contributed by atoms with Crippen molar-refractivity contribution < 1.29 is 18.0 Å². The second kappa shape index (κ2) is 5.52. The lowest BCUT2D eigenvalue weighted by molar-refractivity contribution is -0.152. The molecule has 0 aromatic heterocycles. The number of carbonyl (C=O) groups is 1. The van der Waals surface area contributed by atoms with E-state index in [1.807, 2.05) is 6.92 Å². The molecule has 0 aromatic carbocycles. The molecular formula is C13H22F3N3O. The summed E-state index contributed by atoms with van der Waals surface area (Å²) in [6.45, 7) is 1.45. The second-order valence-corrected chi connectivity index (χ2v) is 5.89. The summed E-state index contributed by atoms with van der Waals surface area (Å²) in [6, 6.07) is -0.0623. The highest BCUT2D eigenvalue weighted by Crippen LogP contribution is 2.42. The van der Waals surface area contributed by atoms with Crippen LogP contribution in [0.5, 0.6) is 0 Å². The van der Waals surface area contributed by atoms with Crippen molar-refractivity contribution in [2.24, 2.45) is 11.7 Å². The Labute approximate surface area is 116 Å². The summed E-state index contributed by atoms with van der Waals surface area (Å²) >= 11 is 0. The molecule has 2 fully saturated rings. The zero-order valence-electron chi connectivity index (χ0n) is 11.7. The Morgan fingerprint density at radius 2 is 1.85 bits per heavy atom. The van der Waals surface area contributed by atoms with Crippen LogP contribution in [0.4, 0.5) is 13.2 Å². The number of likely N-dealkylation sites (N-methyl/N-ethyl adjacent to an activating group) is 1. The first-order valence-electron chi connectivity index (χ1n) is 7.14. The molecule has 1 atom stereocenters. The van der Waals surface area contributed by atoms with Crippen molar-refractivity contribution in [1.82, 2.24) is 10.2 Å². The predicted molar refractivity (Wildman–Crippen MR) is 69.0 cm³/mol. The highest BCUT2D eigenvalue weighted by molar-refractivity contribution is 5.86. The van der Waals surface area contributed by atoms with Crippen molar-refractivity contribution >= 4 is 5.91 Å². The molecule has 2 saturated carbocycles. The number of primary amides is 1. The van der Waals surface area contributed by atoms with Gasteiger partial charge in [-0.15, -0.1) is 0 Å². The maximum atomic E-state index is 12.7. The van der Waals surface area contributed by atoms with Crippen LogP contribution < -0.4 is 11.1 Å². The van der Waals surface area contributed by atoms with Crippen LogP contribution in [-0.2, 0) is 4.79 Å². The van der Waals surface area contributed by atoms with Gasteiger partial charge < -0.3 is 11.1 Å². The highest BCUT2D eigenvalue weighted by Gasteiger charge is 2.52. The average molecular weight is 293 g/mol. The molecule has 0 aromatic rings. The lowest BCUT2D eigenvalue weighted by atomic mass is 9.91. The first-order chi connectivity index (χ1) is 9.28. The fourth-order valence-corrected chi connectivity index (χ4v) is 2.89. The van der Waals surface area contributed by atoms with Crippen LogP contribution in [0.3, 0.4) is 0 Å². The van der Waals surface area contributed by atoms with Gasteiger partial charge in [0.15, 0.2) is 0 Å². The molecule has 2 rings (SSSR count). The molecule has 1 unspecified atom stereocenters. The van der Waals surface area contributed by atoms with E-state index in [4.69, 9.17) is 5.73 Å². The standard InChI is InChI=1S/C13H22F3N3O/c1-2-18-12(11(17)20,9-3-4-9)7-19(10-5-6-10)8-13(14,15)16/h9-10,18H,2-8H2,1H3,(H2,17,20). The van der Waals surface area contributed by atoms with E-state index in [2.05, 4.69) is 5.32 Å². The number of amides is 1. The van der Waals surface area contributed by atoms with E-state index in [0.717, 1.165) is 25.7 Å². The number of nitrogens with two attached hydrogens (primary N) is 1. The summed E-state index contributed by atoms with van der Waals surface area (Å²) in [4.78, 5) is 13.3. The molecule has 0 bridgehead atoms. The van der Waals surface area contributed by atoms with Gasteiger partial charge in [0.25, 0.3) is 0 Å².